The van der Waals surface area contributed by atoms with Crippen LogP contribution in [0.1, 0.15) is 12.0 Å². The number of sulfonamides is 1. The van der Waals surface area contributed by atoms with E-state index in [1.54, 1.807) is 47.0 Å². The van der Waals surface area contributed by atoms with Crippen molar-refractivity contribution in [2.75, 3.05) is 34.4 Å². The minimum Gasteiger partial charge on any atom is -0.385 e. The zero-order chi connectivity index (χ0) is 25.9. The molecule has 4 rings (SSSR count). The fraction of sp³-hybridized carbons (Fsp3) is 0.240. The second-order valence-electron chi connectivity index (χ2n) is 8.21. The van der Waals surface area contributed by atoms with Gasteiger partial charge in [0.25, 0.3) is 5.91 Å². The Hall–Kier alpha value is -2.83. The van der Waals surface area contributed by atoms with E-state index in [2.05, 4.69) is 0 Å². The molecule has 1 saturated heterocycles. The molecule has 0 saturated carbocycles. The van der Waals surface area contributed by atoms with Gasteiger partial charge in [0.15, 0.2) is 0 Å². The van der Waals surface area contributed by atoms with Crippen molar-refractivity contribution in [1.29, 1.82) is 0 Å². The van der Waals surface area contributed by atoms with Gasteiger partial charge in [0.1, 0.15) is 10.0 Å². The quantitative estimate of drug-likeness (QED) is 0.229. The number of ether oxygens (including phenoxy) is 1. The lowest BCUT2D eigenvalue weighted by Crippen LogP contribution is -2.29. The highest BCUT2D eigenvalue weighted by Crippen LogP contribution is 2.35. The summed E-state index contributed by atoms with van der Waals surface area (Å²) < 4.78 is 34.0. The summed E-state index contributed by atoms with van der Waals surface area (Å²) in [5, 5.41) is 4.76. The summed E-state index contributed by atoms with van der Waals surface area (Å²) >= 11 is 6.69. The van der Waals surface area contributed by atoms with Gasteiger partial charge >= 0.3 is 0 Å². The molecule has 8 nitrogen and oxygen atoms in total. The topological polar surface area (TPSA) is 84.7 Å². The van der Waals surface area contributed by atoms with Gasteiger partial charge in [0.05, 0.1) is 15.5 Å². The molecular weight excluding hydrogens is 517 g/mol. The minimum absolute atomic E-state index is 0.162. The highest BCUT2D eigenvalue weighted by molar-refractivity contribution is 8.26. The lowest BCUT2D eigenvalue weighted by atomic mass is 10.1. The Morgan fingerprint density at radius 2 is 1.89 bits per heavy atom. The number of aromatic nitrogens is 2. The molecule has 3 aromatic rings. The molecule has 0 unspecified atom stereocenters. The molecule has 0 bridgehead atoms. The van der Waals surface area contributed by atoms with E-state index in [9.17, 15) is 13.2 Å². The third-order valence-corrected chi connectivity index (χ3v) is 8.73. The number of thioether (sulfide) groups is 1. The molecule has 36 heavy (non-hydrogen) atoms. The number of thiocarbonyl (C=S) groups is 1. The average molecular weight is 543 g/mol. The Morgan fingerprint density at radius 3 is 2.58 bits per heavy atom. The van der Waals surface area contributed by atoms with E-state index in [4.69, 9.17) is 22.1 Å². The summed E-state index contributed by atoms with van der Waals surface area (Å²) in [4.78, 5) is 15.3. The molecule has 0 spiro atoms. The van der Waals surface area contributed by atoms with Crippen LogP contribution in [0.2, 0.25) is 0 Å². The van der Waals surface area contributed by atoms with Crippen molar-refractivity contribution in [3.05, 3.63) is 71.3 Å². The van der Waals surface area contributed by atoms with Gasteiger partial charge in [-0.3, -0.25) is 9.69 Å². The number of methoxy groups -OCH3 is 1. The Labute approximate surface area is 220 Å². The number of benzene rings is 2. The summed E-state index contributed by atoms with van der Waals surface area (Å²) in [7, 11) is 0.973. The van der Waals surface area contributed by atoms with Crippen molar-refractivity contribution in [2.24, 2.45) is 0 Å². The molecule has 1 fully saturated rings. The largest absolute Gasteiger partial charge is 0.385 e. The SMILES string of the molecule is COCCCN1C(=O)/C(=C/c2cn(-c3ccccc3)nc2-c2cccc(S(=O)(=O)N(C)C)c2)SC1=S. The van der Waals surface area contributed by atoms with Crippen LogP contribution < -0.4 is 0 Å². The van der Waals surface area contributed by atoms with Gasteiger partial charge in [-0.2, -0.15) is 5.10 Å². The van der Waals surface area contributed by atoms with E-state index in [0.29, 0.717) is 45.6 Å². The summed E-state index contributed by atoms with van der Waals surface area (Å²) in [5.41, 5.74) is 2.69. The maximum atomic E-state index is 13.1. The zero-order valence-corrected chi connectivity index (χ0v) is 22.6. The van der Waals surface area contributed by atoms with Crippen LogP contribution in [0.3, 0.4) is 0 Å². The van der Waals surface area contributed by atoms with Gasteiger partial charge < -0.3 is 4.74 Å². The Morgan fingerprint density at radius 1 is 1.14 bits per heavy atom. The second kappa shape index (κ2) is 11.1. The molecule has 2 aromatic carbocycles. The minimum atomic E-state index is -3.63. The summed E-state index contributed by atoms with van der Waals surface area (Å²) in [5.74, 6) is -0.163. The first-order chi connectivity index (χ1) is 17.2. The lowest BCUT2D eigenvalue weighted by molar-refractivity contribution is -0.122. The second-order valence-corrected chi connectivity index (χ2v) is 12.0. The fourth-order valence-corrected chi connectivity index (χ4v) is 5.89. The van der Waals surface area contributed by atoms with Gasteiger partial charge in [0.2, 0.25) is 10.0 Å². The number of rotatable bonds is 9. The zero-order valence-electron chi connectivity index (χ0n) is 20.1. The number of para-hydroxylation sites is 1. The molecule has 0 atom stereocenters. The number of amides is 1. The van der Waals surface area contributed by atoms with E-state index in [1.165, 1.54) is 30.2 Å². The molecule has 1 aliphatic rings. The van der Waals surface area contributed by atoms with Gasteiger partial charge in [-0.25, -0.2) is 17.4 Å². The van der Waals surface area contributed by atoms with Crippen LogP contribution in [0.15, 0.2) is 70.6 Å². The predicted octanol–water partition coefficient (Wildman–Crippen LogP) is 4.03. The maximum absolute atomic E-state index is 13.1. The number of hydrogen-bond acceptors (Lipinski definition) is 7. The molecular formula is C25H26N4O4S3. The molecule has 0 N–H and O–H groups in total. The molecule has 0 radical (unpaired) electrons. The van der Waals surface area contributed by atoms with Gasteiger partial charge in [-0.05, 0) is 36.8 Å². The van der Waals surface area contributed by atoms with Crippen LogP contribution in [-0.2, 0) is 19.6 Å². The number of nitrogens with zero attached hydrogens (tertiary/aromatic N) is 4. The van der Waals surface area contributed by atoms with Crippen LogP contribution in [-0.4, -0.2) is 72.0 Å². The third kappa shape index (κ3) is 5.45. The molecule has 2 heterocycles. The Kier molecular flexibility index (Phi) is 8.06. The number of hydrogen-bond donors (Lipinski definition) is 0. The van der Waals surface area contributed by atoms with Gasteiger partial charge in [-0.15, -0.1) is 0 Å². The highest BCUT2D eigenvalue weighted by Gasteiger charge is 2.32. The molecule has 0 aliphatic carbocycles. The first kappa shape index (κ1) is 26.2. The van der Waals surface area contributed by atoms with Crippen molar-refractivity contribution < 1.29 is 17.9 Å². The number of carbonyl (C=O) groups is 1. The monoisotopic (exact) mass is 542 g/mol. The molecule has 1 amide bonds. The van der Waals surface area contributed by atoms with Gasteiger partial charge in [0, 0.05) is 51.7 Å². The van der Waals surface area contributed by atoms with Crippen LogP contribution >= 0.6 is 24.0 Å². The van der Waals surface area contributed by atoms with Crippen molar-refractivity contribution in [3.8, 4) is 16.9 Å². The van der Waals surface area contributed by atoms with Crippen LogP contribution in [0.5, 0.6) is 0 Å². The molecule has 1 aromatic heterocycles. The van der Waals surface area contributed by atoms with E-state index < -0.39 is 10.0 Å². The fourth-order valence-electron chi connectivity index (χ4n) is 3.65. The number of carbonyl (C=O) groups excluding carboxylic acids is 1. The van der Waals surface area contributed by atoms with E-state index in [-0.39, 0.29) is 10.8 Å². The maximum Gasteiger partial charge on any atom is 0.266 e. The third-order valence-electron chi connectivity index (χ3n) is 5.54. The standard InChI is InChI=1S/C25H26N4O4S3/c1-27(2)36(31,32)21-12-7-9-18(15-21)23-19(17-29(26-23)20-10-5-4-6-11-20)16-22-24(30)28(25(34)35-22)13-8-14-33-3/h4-7,9-12,15-17H,8,13-14H2,1-3H3/b22-16-. The summed E-state index contributed by atoms with van der Waals surface area (Å²) in [6.07, 6.45) is 4.28. The van der Waals surface area contributed by atoms with Crippen LogP contribution in [0.4, 0.5) is 0 Å². The van der Waals surface area contributed by atoms with E-state index in [0.717, 1.165) is 5.69 Å². The van der Waals surface area contributed by atoms with E-state index >= 15 is 0 Å². The Bertz CT molecular complexity index is 1420. The van der Waals surface area contributed by atoms with Crippen molar-refractivity contribution in [3.63, 3.8) is 0 Å². The predicted molar refractivity (Wildman–Crippen MR) is 146 cm³/mol. The molecule has 1 aliphatic heterocycles. The highest BCUT2D eigenvalue weighted by atomic mass is 32.2. The molecule has 11 heteroatoms. The average Bonchev–Trinajstić information content (AvgIpc) is 3.41. The Balaban J connectivity index is 1.78. The first-order valence-electron chi connectivity index (χ1n) is 11.1. The van der Waals surface area contributed by atoms with Crippen molar-refractivity contribution >= 4 is 50.3 Å². The van der Waals surface area contributed by atoms with E-state index in [1.807, 2.05) is 36.5 Å². The smallest absolute Gasteiger partial charge is 0.266 e. The lowest BCUT2D eigenvalue weighted by Gasteiger charge is -2.13. The van der Waals surface area contributed by atoms with Crippen LogP contribution in [0, 0.1) is 0 Å². The van der Waals surface area contributed by atoms with Crippen molar-refractivity contribution in [2.45, 2.75) is 11.3 Å². The summed E-state index contributed by atoms with van der Waals surface area (Å²) in [6.45, 7) is 1.02. The van der Waals surface area contributed by atoms with Gasteiger partial charge in [-0.1, -0.05) is 54.3 Å². The normalized spacial score (nSPS) is 15.4. The first-order valence-corrected chi connectivity index (χ1v) is 13.8. The van der Waals surface area contributed by atoms with Crippen molar-refractivity contribution in [1.82, 2.24) is 19.0 Å². The van der Waals surface area contributed by atoms with Crippen LogP contribution in [0.25, 0.3) is 23.0 Å². The summed E-state index contributed by atoms with van der Waals surface area (Å²) in [6, 6.07) is 16.2. The molecule has 188 valence electrons.